The monoisotopic (exact) mass is 379 g/mol. The Labute approximate surface area is 164 Å². The molecule has 0 aliphatic carbocycles. The second-order valence-corrected chi connectivity index (χ2v) is 7.20. The van der Waals surface area contributed by atoms with Crippen molar-refractivity contribution in [1.82, 2.24) is 25.0 Å². The molecule has 1 N–H and O–H groups in total. The number of carbonyl (C=O) groups is 1. The van der Waals surface area contributed by atoms with Gasteiger partial charge in [-0.2, -0.15) is 5.10 Å². The maximum absolute atomic E-state index is 13.1. The molecule has 1 aliphatic rings. The van der Waals surface area contributed by atoms with Crippen molar-refractivity contribution in [2.24, 2.45) is 7.05 Å². The van der Waals surface area contributed by atoms with Crippen molar-refractivity contribution in [3.63, 3.8) is 0 Å². The lowest BCUT2D eigenvalue weighted by molar-refractivity contribution is 0.0342. The van der Waals surface area contributed by atoms with Crippen LogP contribution in [-0.2, 0) is 11.8 Å². The maximum Gasteiger partial charge on any atom is 0.252 e. The molecule has 0 saturated carbocycles. The van der Waals surface area contributed by atoms with Gasteiger partial charge in [-0.3, -0.25) is 14.4 Å². The van der Waals surface area contributed by atoms with Crippen LogP contribution in [0.25, 0.3) is 22.3 Å². The molecule has 2 aromatic heterocycles. The Morgan fingerprint density at radius 3 is 2.79 bits per heavy atom. The first kappa shape index (κ1) is 18.6. The largest absolute Gasteiger partial charge is 0.379 e. The third-order valence-electron chi connectivity index (χ3n) is 5.06. The van der Waals surface area contributed by atoms with Crippen molar-refractivity contribution in [3.8, 4) is 11.4 Å². The summed E-state index contributed by atoms with van der Waals surface area (Å²) in [5.74, 6) is -0.0808. The molecule has 4 rings (SSSR count). The molecule has 146 valence electrons. The summed E-state index contributed by atoms with van der Waals surface area (Å²) in [5, 5.41) is 8.22. The number of nitrogens with zero attached hydrogens (tertiary/aromatic N) is 4. The number of fused-ring (bicyclic) bond motifs is 1. The molecule has 0 spiro atoms. The summed E-state index contributed by atoms with van der Waals surface area (Å²) in [6.45, 7) is 6.17. The molecular formula is C21H25N5O2. The highest BCUT2D eigenvalue weighted by molar-refractivity contribution is 6.07. The van der Waals surface area contributed by atoms with Crippen LogP contribution in [0.5, 0.6) is 0 Å². The number of benzene rings is 1. The topological polar surface area (TPSA) is 72.3 Å². The van der Waals surface area contributed by atoms with E-state index in [1.54, 1.807) is 10.9 Å². The number of carbonyl (C=O) groups excluding carboxylic acids is 1. The number of hydrogen-bond donors (Lipinski definition) is 1. The van der Waals surface area contributed by atoms with Gasteiger partial charge in [0.1, 0.15) is 0 Å². The molecule has 1 aliphatic heterocycles. The van der Waals surface area contributed by atoms with E-state index in [-0.39, 0.29) is 11.9 Å². The van der Waals surface area contributed by atoms with Crippen LogP contribution in [0.4, 0.5) is 0 Å². The van der Waals surface area contributed by atoms with Crippen LogP contribution < -0.4 is 5.32 Å². The van der Waals surface area contributed by atoms with Gasteiger partial charge in [0.2, 0.25) is 0 Å². The molecule has 7 nitrogen and oxygen atoms in total. The standard InChI is InChI=1S/C21H25N5O2/c1-15(14-26-9-11-28-12-10-26)23-21(27)17-13-19(20-7-8-22-25(20)2)24-18-6-4-3-5-16(17)18/h3-8,13,15H,9-12,14H2,1-2H3,(H,23,27)/t15-/m0/s1. The normalized spacial score (nSPS) is 16.2. The van der Waals surface area contributed by atoms with Crippen LogP contribution in [0.3, 0.4) is 0 Å². The molecule has 0 radical (unpaired) electrons. The number of amides is 1. The van der Waals surface area contributed by atoms with Gasteiger partial charge in [-0.05, 0) is 25.1 Å². The molecule has 1 saturated heterocycles. The number of ether oxygens (including phenoxy) is 1. The highest BCUT2D eigenvalue weighted by atomic mass is 16.5. The van der Waals surface area contributed by atoms with E-state index in [1.807, 2.05) is 50.4 Å². The van der Waals surface area contributed by atoms with Crippen LogP contribution in [-0.4, -0.2) is 64.5 Å². The second kappa shape index (κ2) is 8.08. The average molecular weight is 379 g/mol. The van der Waals surface area contributed by atoms with E-state index in [0.717, 1.165) is 55.1 Å². The maximum atomic E-state index is 13.1. The average Bonchev–Trinajstić information content (AvgIpc) is 3.13. The van der Waals surface area contributed by atoms with Crippen LogP contribution in [0.2, 0.25) is 0 Å². The van der Waals surface area contributed by atoms with E-state index in [2.05, 4.69) is 15.3 Å². The Morgan fingerprint density at radius 1 is 1.25 bits per heavy atom. The lowest BCUT2D eigenvalue weighted by Crippen LogP contribution is -2.46. The van der Waals surface area contributed by atoms with Crippen LogP contribution in [0.1, 0.15) is 17.3 Å². The lowest BCUT2D eigenvalue weighted by atomic mass is 10.1. The van der Waals surface area contributed by atoms with Crippen molar-refractivity contribution < 1.29 is 9.53 Å². The van der Waals surface area contributed by atoms with Crippen LogP contribution in [0.15, 0.2) is 42.6 Å². The van der Waals surface area contributed by atoms with E-state index in [4.69, 9.17) is 9.72 Å². The summed E-state index contributed by atoms with van der Waals surface area (Å²) < 4.78 is 7.16. The van der Waals surface area contributed by atoms with Crippen molar-refractivity contribution in [1.29, 1.82) is 0 Å². The van der Waals surface area contributed by atoms with Gasteiger partial charge in [0.25, 0.3) is 5.91 Å². The van der Waals surface area contributed by atoms with Gasteiger partial charge >= 0.3 is 0 Å². The molecule has 0 unspecified atom stereocenters. The molecule has 1 amide bonds. The van der Waals surface area contributed by atoms with E-state index in [0.29, 0.717) is 5.56 Å². The fourth-order valence-corrected chi connectivity index (χ4v) is 3.64. The van der Waals surface area contributed by atoms with Crippen LogP contribution >= 0.6 is 0 Å². The van der Waals surface area contributed by atoms with Gasteiger partial charge in [-0.25, -0.2) is 4.98 Å². The number of para-hydroxylation sites is 1. The second-order valence-electron chi connectivity index (χ2n) is 7.20. The van der Waals surface area contributed by atoms with Crippen LogP contribution in [0, 0.1) is 0 Å². The minimum Gasteiger partial charge on any atom is -0.379 e. The molecular weight excluding hydrogens is 354 g/mol. The first-order chi connectivity index (χ1) is 13.6. The van der Waals surface area contributed by atoms with Gasteiger partial charge < -0.3 is 10.1 Å². The molecule has 1 aromatic carbocycles. The third-order valence-corrected chi connectivity index (χ3v) is 5.06. The van der Waals surface area contributed by atoms with Crippen molar-refractivity contribution in [2.45, 2.75) is 13.0 Å². The highest BCUT2D eigenvalue weighted by Crippen LogP contribution is 2.24. The zero-order chi connectivity index (χ0) is 19.5. The van der Waals surface area contributed by atoms with Gasteiger partial charge in [-0.15, -0.1) is 0 Å². The van der Waals surface area contributed by atoms with E-state index >= 15 is 0 Å². The van der Waals surface area contributed by atoms with Crippen molar-refractivity contribution in [3.05, 3.63) is 48.2 Å². The molecule has 1 fully saturated rings. The van der Waals surface area contributed by atoms with Gasteiger partial charge in [-0.1, -0.05) is 18.2 Å². The lowest BCUT2D eigenvalue weighted by Gasteiger charge is -2.29. The molecule has 0 bridgehead atoms. The SMILES string of the molecule is C[C@@H](CN1CCOCC1)NC(=O)c1cc(-c2ccnn2C)nc2ccccc12. The number of aryl methyl sites for hydroxylation is 1. The fourth-order valence-electron chi connectivity index (χ4n) is 3.64. The minimum absolute atomic E-state index is 0.0395. The Balaban J connectivity index is 1.61. The number of hydrogen-bond acceptors (Lipinski definition) is 5. The molecule has 1 atom stereocenters. The molecule has 3 aromatic rings. The quantitative estimate of drug-likeness (QED) is 0.735. The third kappa shape index (κ3) is 3.90. The van der Waals surface area contributed by atoms with Crippen molar-refractivity contribution in [2.75, 3.05) is 32.8 Å². The molecule has 28 heavy (non-hydrogen) atoms. The summed E-state index contributed by atoms with van der Waals surface area (Å²) in [4.78, 5) is 20.2. The number of nitrogens with one attached hydrogen (secondary N) is 1. The Hall–Kier alpha value is -2.77. The number of pyridine rings is 1. The summed E-state index contributed by atoms with van der Waals surface area (Å²) >= 11 is 0. The minimum atomic E-state index is -0.0808. The predicted octanol–water partition coefficient (Wildman–Crippen LogP) is 2.09. The Morgan fingerprint density at radius 2 is 2.04 bits per heavy atom. The number of aromatic nitrogens is 3. The van der Waals surface area contributed by atoms with Crippen molar-refractivity contribution >= 4 is 16.8 Å². The van der Waals surface area contributed by atoms with E-state index < -0.39 is 0 Å². The first-order valence-corrected chi connectivity index (χ1v) is 9.61. The van der Waals surface area contributed by atoms with Gasteiger partial charge in [0.15, 0.2) is 0 Å². The summed E-state index contributed by atoms with van der Waals surface area (Å²) in [7, 11) is 1.87. The Kier molecular flexibility index (Phi) is 5.36. The molecule has 3 heterocycles. The number of morpholine rings is 1. The first-order valence-electron chi connectivity index (χ1n) is 9.61. The fraction of sp³-hybridized carbons (Fsp3) is 0.381. The zero-order valence-electron chi connectivity index (χ0n) is 16.3. The smallest absolute Gasteiger partial charge is 0.252 e. The Bertz CT molecular complexity index is 978. The summed E-state index contributed by atoms with van der Waals surface area (Å²) in [5.41, 5.74) is 3.05. The number of rotatable bonds is 5. The highest BCUT2D eigenvalue weighted by Gasteiger charge is 2.19. The molecule has 7 heteroatoms. The predicted molar refractivity (Wildman–Crippen MR) is 108 cm³/mol. The zero-order valence-corrected chi connectivity index (χ0v) is 16.3. The summed E-state index contributed by atoms with van der Waals surface area (Å²) in [6, 6.07) is 11.5. The van der Waals surface area contributed by atoms with Gasteiger partial charge in [0, 0.05) is 44.3 Å². The summed E-state index contributed by atoms with van der Waals surface area (Å²) in [6.07, 6.45) is 1.73. The van der Waals surface area contributed by atoms with Gasteiger partial charge in [0.05, 0.1) is 35.7 Å². The van der Waals surface area contributed by atoms with E-state index in [1.165, 1.54) is 0 Å². The van der Waals surface area contributed by atoms with E-state index in [9.17, 15) is 4.79 Å².